The first-order chi connectivity index (χ1) is 31.3. The Morgan fingerprint density at radius 2 is 1.00 bits per heavy atom. The van der Waals surface area contributed by atoms with Gasteiger partial charge in [0.1, 0.15) is 0 Å². The van der Waals surface area contributed by atoms with Gasteiger partial charge < -0.3 is 5.73 Å². The second-order valence-electron chi connectivity index (χ2n) is 15.8. The van der Waals surface area contributed by atoms with Crippen molar-refractivity contribution in [2.75, 3.05) is 5.73 Å². The van der Waals surface area contributed by atoms with Crippen molar-refractivity contribution in [3.8, 4) is 44.5 Å². The summed E-state index contributed by atoms with van der Waals surface area (Å²) in [6, 6.07) is 64.7. The van der Waals surface area contributed by atoms with E-state index < -0.39 is 0 Å². The topological polar surface area (TPSA) is 26.0 Å². The van der Waals surface area contributed by atoms with Crippen LogP contribution in [0.1, 0.15) is 55.5 Å². The first-order valence-electron chi connectivity index (χ1n) is 22.2. The Bertz CT molecular complexity index is 3010. The maximum atomic E-state index is 6.51. The number of hydrogen-bond acceptors (Lipinski definition) is 1. The Hall–Kier alpha value is -7.74. The van der Waals surface area contributed by atoms with E-state index in [0.717, 1.165) is 66.9 Å². The van der Waals surface area contributed by atoms with E-state index in [9.17, 15) is 0 Å². The van der Waals surface area contributed by atoms with Crippen LogP contribution in [0.5, 0.6) is 0 Å². The van der Waals surface area contributed by atoms with Gasteiger partial charge >= 0.3 is 0 Å². The molecule has 0 saturated heterocycles. The molecule has 0 fully saturated rings. The second-order valence-corrected chi connectivity index (χ2v) is 15.8. The first-order valence-corrected chi connectivity index (χ1v) is 22.2. The molecule has 0 spiro atoms. The monoisotopic (exact) mass is 827 g/mol. The molecule has 0 saturated carbocycles. The van der Waals surface area contributed by atoms with Gasteiger partial charge in [-0.05, 0) is 157 Å². The number of anilines is 1. The lowest BCUT2D eigenvalue weighted by Gasteiger charge is -2.19. The average molecular weight is 828 g/mol. The fourth-order valence-corrected chi connectivity index (χ4v) is 8.13. The van der Waals surface area contributed by atoms with E-state index in [1.165, 1.54) is 44.2 Å². The van der Waals surface area contributed by atoms with Crippen molar-refractivity contribution < 1.29 is 0 Å². The molecule has 1 heteroatoms. The minimum Gasteiger partial charge on any atom is -0.398 e. The molecule has 8 rings (SSSR count). The molecule has 8 aromatic carbocycles. The zero-order valence-electron chi connectivity index (χ0n) is 37.8. The fraction of sp³-hybridized carbons (Fsp3) is 0.0794. The van der Waals surface area contributed by atoms with Gasteiger partial charge in [-0.25, -0.2) is 0 Å². The number of nitrogens with two attached hydrogens (primary N) is 1. The highest BCUT2D eigenvalue weighted by Gasteiger charge is 2.17. The number of fused-ring (bicyclic) bond motifs is 1. The Balaban J connectivity index is 0.00000302. The average Bonchev–Trinajstić information content (AvgIpc) is 3.35. The van der Waals surface area contributed by atoms with Crippen molar-refractivity contribution in [1.82, 2.24) is 0 Å². The molecule has 0 unspecified atom stereocenters. The number of benzene rings is 8. The van der Waals surface area contributed by atoms with Crippen LogP contribution in [0.3, 0.4) is 0 Å². The number of allylic oxidation sites excluding steroid dienone is 9. The van der Waals surface area contributed by atoms with Crippen molar-refractivity contribution in [1.29, 1.82) is 0 Å². The lowest BCUT2D eigenvalue weighted by atomic mass is 9.85. The van der Waals surface area contributed by atoms with Crippen LogP contribution in [0.25, 0.3) is 78.1 Å². The molecule has 1 nitrogen and oxygen atoms in total. The summed E-state index contributed by atoms with van der Waals surface area (Å²) in [6.45, 7) is 19.4. The maximum Gasteiger partial charge on any atom is 0.0387 e. The molecule has 8 aromatic rings. The molecule has 314 valence electrons. The van der Waals surface area contributed by atoms with Gasteiger partial charge in [0.05, 0.1) is 0 Å². The molecular weight excluding hydrogens is 771 g/mol. The quantitative estimate of drug-likeness (QED) is 0.0964. The SMILES string of the molecule is C=C(/C=C(/C(C)=C/c1ccccc1N)c1ccc2c(-c3ccc(C(=C)/C=C\C=C/C)cc3)cc(-c3ccc(-c4ccccc4)cc3)cc2c1C)c1ccc(-c2ccccc2)cc1.CC. The largest absolute Gasteiger partial charge is 0.398 e. The molecule has 0 atom stereocenters. The van der Waals surface area contributed by atoms with Crippen molar-refractivity contribution >= 4 is 39.3 Å². The Kier molecular flexibility index (Phi) is 14.5. The Morgan fingerprint density at radius 3 is 1.58 bits per heavy atom. The summed E-state index contributed by atoms with van der Waals surface area (Å²) in [5.74, 6) is 0. The third-order valence-electron chi connectivity index (χ3n) is 11.7. The summed E-state index contributed by atoms with van der Waals surface area (Å²) in [6.07, 6.45) is 12.5. The lowest BCUT2D eigenvalue weighted by molar-refractivity contribution is 1.43. The smallest absolute Gasteiger partial charge is 0.0387 e. The van der Waals surface area contributed by atoms with Crippen molar-refractivity contribution in [2.24, 2.45) is 0 Å². The highest BCUT2D eigenvalue weighted by molar-refractivity contribution is 6.05. The molecule has 0 aliphatic carbocycles. The molecule has 0 aromatic heterocycles. The van der Waals surface area contributed by atoms with Crippen molar-refractivity contribution in [3.63, 3.8) is 0 Å². The van der Waals surface area contributed by atoms with Gasteiger partial charge in [0.2, 0.25) is 0 Å². The molecule has 0 aliphatic heterocycles. The normalized spacial score (nSPS) is 11.8. The van der Waals surface area contributed by atoms with E-state index in [0.29, 0.717) is 0 Å². The van der Waals surface area contributed by atoms with E-state index in [2.05, 4.69) is 203 Å². The number of nitrogen functional groups attached to an aromatic ring is 1. The molecule has 0 heterocycles. The summed E-state index contributed by atoms with van der Waals surface area (Å²) in [5.41, 5.74) is 26.3. The third kappa shape index (κ3) is 10.1. The Labute approximate surface area is 381 Å². The van der Waals surface area contributed by atoms with Crippen LogP contribution in [0.2, 0.25) is 0 Å². The Morgan fingerprint density at radius 1 is 0.500 bits per heavy atom. The predicted octanol–water partition coefficient (Wildman–Crippen LogP) is 17.8. The molecule has 64 heavy (non-hydrogen) atoms. The minimum atomic E-state index is 0.743. The lowest BCUT2D eigenvalue weighted by Crippen LogP contribution is -1.96. The van der Waals surface area contributed by atoms with Crippen LogP contribution in [0, 0.1) is 6.92 Å². The minimum absolute atomic E-state index is 0.743. The summed E-state index contributed by atoms with van der Waals surface area (Å²) in [5, 5.41) is 2.39. The molecular formula is C63H57N. The van der Waals surface area contributed by atoms with Crippen LogP contribution in [0.15, 0.2) is 231 Å². The van der Waals surface area contributed by atoms with Crippen LogP contribution >= 0.6 is 0 Å². The molecule has 0 radical (unpaired) electrons. The van der Waals surface area contributed by atoms with Crippen molar-refractivity contribution in [3.05, 3.63) is 259 Å². The van der Waals surface area contributed by atoms with E-state index in [1.807, 2.05) is 63.3 Å². The maximum absolute atomic E-state index is 6.51. The number of hydrogen-bond donors (Lipinski definition) is 1. The summed E-state index contributed by atoms with van der Waals surface area (Å²) >= 11 is 0. The number of para-hydroxylation sites is 1. The highest BCUT2D eigenvalue weighted by atomic mass is 14.5. The van der Waals surface area contributed by atoms with E-state index in [-0.39, 0.29) is 0 Å². The van der Waals surface area contributed by atoms with E-state index >= 15 is 0 Å². The standard InChI is InChI=1S/C61H51N.C2H6/c1-6-7-10-17-42(2)46-26-34-53(35-27-46)60-41-55(52-32-30-51(31-33-52)49-20-13-9-14-21-49)40-59-45(5)56(36-37-57(59)60)58(44(4)38-54-22-15-16-23-61(54)62)39-43(3)47-24-28-50(29-25-47)48-18-11-8-12-19-48;1-2/h6-41H,2-3,62H2,1,4-5H3;1-2H3/b7-6-,17-10-,44-38+,58-39-;. The zero-order valence-corrected chi connectivity index (χ0v) is 37.8. The third-order valence-corrected chi connectivity index (χ3v) is 11.7. The molecule has 0 amide bonds. The number of aryl methyl sites for hydroxylation is 1. The van der Waals surface area contributed by atoms with Gasteiger partial charge in [0, 0.05) is 5.69 Å². The van der Waals surface area contributed by atoms with Gasteiger partial charge in [-0.3, -0.25) is 0 Å². The van der Waals surface area contributed by atoms with Crippen LogP contribution < -0.4 is 5.73 Å². The fourth-order valence-electron chi connectivity index (χ4n) is 8.13. The van der Waals surface area contributed by atoms with E-state index in [1.54, 1.807) is 0 Å². The first kappa shape index (κ1) is 44.3. The number of rotatable bonds is 12. The van der Waals surface area contributed by atoms with Crippen molar-refractivity contribution in [2.45, 2.75) is 34.6 Å². The second kappa shape index (κ2) is 20.9. The molecule has 0 aliphatic rings. The van der Waals surface area contributed by atoms with Gasteiger partial charge in [-0.15, -0.1) is 0 Å². The van der Waals surface area contributed by atoms with E-state index in [4.69, 9.17) is 5.73 Å². The van der Waals surface area contributed by atoms with Gasteiger partial charge in [-0.1, -0.05) is 215 Å². The summed E-state index contributed by atoms with van der Waals surface area (Å²) in [4.78, 5) is 0. The van der Waals surface area contributed by atoms with Crippen LogP contribution in [-0.4, -0.2) is 0 Å². The summed E-state index contributed by atoms with van der Waals surface area (Å²) < 4.78 is 0. The molecule has 0 bridgehead atoms. The zero-order chi connectivity index (χ0) is 45.0. The summed E-state index contributed by atoms with van der Waals surface area (Å²) in [7, 11) is 0. The van der Waals surface area contributed by atoms with Gasteiger partial charge in [0.15, 0.2) is 0 Å². The highest BCUT2D eigenvalue weighted by Crippen LogP contribution is 2.41. The molecule has 2 N–H and O–H groups in total. The van der Waals surface area contributed by atoms with Gasteiger partial charge in [-0.2, -0.15) is 0 Å². The van der Waals surface area contributed by atoms with Gasteiger partial charge in [0.25, 0.3) is 0 Å². The van der Waals surface area contributed by atoms with Crippen LogP contribution in [-0.2, 0) is 0 Å². The van der Waals surface area contributed by atoms with Crippen LogP contribution in [0.4, 0.5) is 5.69 Å². The predicted molar refractivity (Wildman–Crippen MR) is 283 cm³/mol.